The Morgan fingerprint density at radius 1 is 1.00 bits per heavy atom. The topological polar surface area (TPSA) is 109 Å². The summed E-state index contributed by atoms with van der Waals surface area (Å²) < 4.78 is 20.7. The maximum Gasteiger partial charge on any atom is 0.557 e. The van der Waals surface area contributed by atoms with Crippen molar-refractivity contribution in [2.75, 3.05) is 5.90 Å². The molecule has 0 aliphatic heterocycles. The third kappa shape index (κ3) is 3.75. The molecule has 0 amide bonds. The zero-order valence-corrected chi connectivity index (χ0v) is 6.92. The Hall–Kier alpha value is -0.860. The lowest BCUT2D eigenvalue weighted by Crippen LogP contribution is -1.89. The van der Waals surface area contributed by atoms with E-state index >= 15 is 0 Å². The van der Waals surface area contributed by atoms with Gasteiger partial charge in [-0.3, -0.25) is 0 Å². The molecule has 0 rings (SSSR count). The Balaban J connectivity index is 4.07. The minimum Gasteiger partial charge on any atom is -0.443 e. The number of carboxylic acid groups (broad SMARTS) is 2. The van der Waals surface area contributed by atoms with Crippen molar-refractivity contribution in [3.8, 4) is 0 Å². The summed E-state index contributed by atoms with van der Waals surface area (Å²) in [7, 11) is -5.42. The maximum atomic E-state index is 10.4. The summed E-state index contributed by atoms with van der Waals surface area (Å²) in [6.45, 7) is 0. The zero-order chi connectivity index (χ0) is 9.02. The molecule has 60 valence electrons. The summed E-state index contributed by atoms with van der Waals surface area (Å²) in [6, 6.07) is 0. The molecule has 8 heteroatoms. The van der Waals surface area contributed by atoms with Crippen molar-refractivity contribution in [2.24, 2.45) is 0 Å². The molecule has 0 spiro atoms. The largest absolute Gasteiger partial charge is 0.557 e. The van der Waals surface area contributed by atoms with E-state index < -0.39 is 32.9 Å². The van der Waals surface area contributed by atoms with E-state index in [1.807, 2.05) is 0 Å². The molecule has 6 nitrogen and oxygen atoms in total. The quantitative estimate of drug-likeness (QED) is 0.668. The average molecular weight is 198 g/mol. The first-order valence-electron chi connectivity index (χ1n) is 2.30. The highest BCUT2D eigenvalue weighted by Crippen LogP contribution is 2.36. The molecule has 2 unspecified atom stereocenters. The molecule has 11 heavy (non-hydrogen) atoms. The van der Waals surface area contributed by atoms with Gasteiger partial charge in [-0.25, -0.2) is 0 Å². The molecular weight excluding hydrogens is 194 g/mol. The lowest BCUT2D eigenvalue weighted by Gasteiger charge is -1.68. The van der Waals surface area contributed by atoms with Crippen LogP contribution in [0.1, 0.15) is 0 Å². The van der Waals surface area contributed by atoms with Crippen LogP contribution in [0.3, 0.4) is 0 Å². The Morgan fingerprint density at radius 3 is 1.45 bits per heavy atom. The molecule has 2 atom stereocenters. The fourth-order valence-electron chi connectivity index (χ4n) is 0.238. The van der Waals surface area contributed by atoms with Crippen LogP contribution in [0.2, 0.25) is 0 Å². The van der Waals surface area contributed by atoms with Crippen molar-refractivity contribution in [3.05, 3.63) is 0 Å². The Morgan fingerprint density at radius 2 is 1.27 bits per heavy atom. The molecule has 0 radical (unpaired) electrons. The molecule has 0 fully saturated rings. The minimum absolute atomic E-state index is 0.796. The zero-order valence-electron chi connectivity index (χ0n) is 5.13. The minimum atomic E-state index is -2.71. The molecule has 0 saturated heterocycles. The summed E-state index contributed by atoms with van der Waals surface area (Å²) >= 11 is 0. The van der Waals surface area contributed by atoms with Crippen molar-refractivity contribution in [1.29, 1.82) is 0 Å². The van der Waals surface area contributed by atoms with Crippen LogP contribution in [0.5, 0.6) is 0 Å². The van der Waals surface area contributed by atoms with Crippen LogP contribution in [0.4, 0.5) is 9.59 Å². The summed E-state index contributed by atoms with van der Waals surface area (Å²) in [5.41, 5.74) is -3.24. The molecule has 0 aliphatic carbocycles. The van der Waals surface area contributed by atoms with E-state index in [1.54, 1.807) is 0 Å². The van der Waals surface area contributed by atoms with E-state index in [1.165, 1.54) is 0 Å². The monoisotopic (exact) mass is 198 g/mol. The van der Waals surface area contributed by atoms with Gasteiger partial charge in [-0.15, -0.1) is 0 Å². The van der Waals surface area contributed by atoms with Gasteiger partial charge in [0.15, 0.2) is 0 Å². The maximum absolute atomic E-state index is 10.4. The van der Waals surface area contributed by atoms with E-state index in [0.29, 0.717) is 0 Å². The molecule has 0 saturated carbocycles. The second-order valence-electron chi connectivity index (χ2n) is 1.46. The summed E-state index contributed by atoms with van der Waals surface area (Å²) in [6.07, 6.45) is 0. The third-order valence-electron chi connectivity index (χ3n) is 0.684. The fraction of sp³-hybridized carbons (Fsp3) is 0.333. The van der Waals surface area contributed by atoms with Gasteiger partial charge in [0.25, 0.3) is 0 Å². The lowest BCUT2D eigenvalue weighted by atomic mass is 11.6. The van der Waals surface area contributed by atoms with E-state index in [0.717, 1.165) is 0 Å². The van der Waals surface area contributed by atoms with E-state index in [-0.39, 0.29) is 0 Å². The SMILES string of the molecule is O=C(O)[P+](=O)C[P+](=O)C(=O)O. The van der Waals surface area contributed by atoms with Crippen molar-refractivity contribution in [2.45, 2.75) is 0 Å². The third-order valence-corrected chi connectivity index (χ3v) is 3.59. The van der Waals surface area contributed by atoms with Crippen LogP contribution in [0, 0.1) is 0 Å². The first-order valence-corrected chi connectivity index (χ1v) is 5.19. The summed E-state index contributed by atoms with van der Waals surface area (Å²) in [5, 5.41) is 16.0. The average Bonchev–Trinajstić information content (AvgIpc) is 1.87. The highest BCUT2D eigenvalue weighted by molar-refractivity contribution is 7.78. The highest BCUT2D eigenvalue weighted by atomic mass is 31.2. The number of carbonyl (C=O) groups is 2. The Bertz CT molecular complexity index is 208. The highest BCUT2D eigenvalue weighted by Gasteiger charge is 2.43. The van der Waals surface area contributed by atoms with Crippen LogP contribution in [-0.2, 0) is 9.13 Å². The molecule has 0 heterocycles. The smallest absolute Gasteiger partial charge is 0.443 e. The molecular formula is C3H4O6P2+2. The first-order chi connectivity index (χ1) is 4.95. The second-order valence-corrected chi connectivity index (χ2v) is 4.87. The molecule has 0 aromatic rings. The Labute approximate surface area is 62.8 Å². The van der Waals surface area contributed by atoms with Crippen LogP contribution in [0.15, 0.2) is 0 Å². The van der Waals surface area contributed by atoms with Crippen LogP contribution in [0.25, 0.3) is 0 Å². The van der Waals surface area contributed by atoms with Crippen molar-refractivity contribution < 1.29 is 28.9 Å². The van der Waals surface area contributed by atoms with Gasteiger partial charge in [-0.2, -0.15) is 9.59 Å². The fourth-order valence-corrected chi connectivity index (χ4v) is 2.14. The van der Waals surface area contributed by atoms with Crippen molar-refractivity contribution in [3.63, 3.8) is 0 Å². The van der Waals surface area contributed by atoms with E-state index in [2.05, 4.69) is 0 Å². The van der Waals surface area contributed by atoms with Gasteiger partial charge in [0, 0.05) is 0 Å². The van der Waals surface area contributed by atoms with Gasteiger partial charge in [-0.1, -0.05) is 9.13 Å². The molecule has 0 bridgehead atoms. The van der Waals surface area contributed by atoms with Gasteiger partial charge in [0.1, 0.15) is 0 Å². The molecule has 0 aromatic carbocycles. The van der Waals surface area contributed by atoms with Gasteiger partial charge in [-0.05, 0) is 0 Å². The standard InChI is InChI=1S/C3H2O6P2/c4-2(5)10(8)1-11(9)3(6)7/h1H2/p+2. The van der Waals surface area contributed by atoms with E-state index in [4.69, 9.17) is 10.2 Å². The second kappa shape index (κ2) is 4.11. The predicted molar refractivity (Wildman–Crippen MR) is 36.1 cm³/mol. The van der Waals surface area contributed by atoms with Gasteiger partial charge in [0.2, 0.25) is 0 Å². The summed E-state index contributed by atoms with van der Waals surface area (Å²) in [5.74, 6) is -0.796. The number of hydrogen-bond donors (Lipinski definition) is 2. The number of rotatable bonds is 4. The lowest BCUT2D eigenvalue weighted by molar-refractivity contribution is 0.219. The molecule has 0 aliphatic rings. The van der Waals surface area contributed by atoms with Gasteiger partial charge >= 0.3 is 32.9 Å². The van der Waals surface area contributed by atoms with Crippen molar-refractivity contribution >= 4 is 27.0 Å². The summed E-state index contributed by atoms with van der Waals surface area (Å²) in [4.78, 5) is 19.7. The van der Waals surface area contributed by atoms with Gasteiger partial charge in [0.05, 0.1) is 0 Å². The van der Waals surface area contributed by atoms with Crippen LogP contribution in [-0.4, -0.2) is 27.5 Å². The van der Waals surface area contributed by atoms with E-state index in [9.17, 15) is 18.7 Å². The van der Waals surface area contributed by atoms with Crippen molar-refractivity contribution in [1.82, 2.24) is 0 Å². The Kier molecular flexibility index (Phi) is 3.79. The molecule has 0 aromatic heterocycles. The normalized spacial score (nSPS) is 12.0. The van der Waals surface area contributed by atoms with Gasteiger partial charge < -0.3 is 10.2 Å². The predicted octanol–water partition coefficient (Wildman–Crippen LogP) is 1.95. The molecule has 2 N–H and O–H groups in total. The van der Waals surface area contributed by atoms with Crippen LogP contribution < -0.4 is 0 Å². The number of hydrogen-bond acceptors (Lipinski definition) is 4. The first kappa shape index (κ1) is 10.1. The van der Waals surface area contributed by atoms with Crippen LogP contribution >= 0.6 is 15.6 Å².